The molecule has 0 spiro atoms. The van der Waals surface area contributed by atoms with Crippen molar-refractivity contribution in [2.75, 3.05) is 0 Å². The SMILES string of the molecule is Cn1nc(-c2ccccc2Cl)cc1C(=O)NCc1nc2ccccc2[nH]1. The van der Waals surface area contributed by atoms with Crippen molar-refractivity contribution in [3.63, 3.8) is 0 Å². The molecule has 2 N–H and O–H groups in total. The Morgan fingerprint density at radius 1 is 1.19 bits per heavy atom. The van der Waals surface area contributed by atoms with Crippen LogP contribution in [0.5, 0.6) is 0 Å². The first-order valence-electron chi connectivity index (χ1n) is 8.12. The summed E-state index contributed by atoms with van der Waals surface area (Å²) in [4.78, 5) is 20.2. The van der Waals surface area contributed by atoms with Gasteiger partial charge in [-0.1, -0.05) is 41.9 Å². The predicted octanol–water partition coefficient (Wildman–Crippen LogP) is 3.55. The number of aryl methyl sites for hydroxylation is 1. The number of carbonyl (C=O) groups excluding carboxylic acids is 1. The van der Waals surface area contributed by atoms with E-state index in [1.807, 2.05) is 42.5 Å². The van der Waals surface area contributed by atoms with Crippen LogP contribution in [0.15, 0.2) is 54.6 Å². The van der Waals surface area contributed by atoms with Gasteiger partial charge in [-0.15, -0.1) is 0 Å². The van der Waals surface area contributed by atoms with Gasteiger partial charge in [-0.05, 0) is 24.3 Å². The first-order valence-corrected chi connectivity index (χ1v) is 8.50. The van der Waals surface area contributed by atoms with Crippen molar-refractivity contribution >= 4 is 28.5 Å². The Labute approximate surface area is 154 Å². The van der Waals surface area contributed by atoms with Gasteiger partial charge < -0.3 is 10.3 Å². The summed E-state index contributed by atoms with van der Waals surface area (Å²) in [6.07, 6.45) is 0. The predicted molar refractivity (Wildman–Crippen MR) is 101 cm³/mol. The number of imidazole rings is 1. The number of halogens is 1. The quantitative estimate of drug-likeness (QED) is 0.580. The molecule has 2 aromatic heterocycles. The smallest absolute Gasteiger partial charge is 0.269 e. The molecule has 1 amide bonds. The number of carbonyl (C=O) groups is 1. The molecule has 0 bridgehead atoms. The van der Waals surface area contributed by atoms with Crippen LogP contribution in [0.1, 0.15) is 16.3 Å². The lowest BCUT2D eigenvalue weighted by atomic mass is 10.1. The van der Waals surface area contributed by atoms with Crippen molar-refractivity contribution in [2.45, 2.75) is 6.54 Å². The molecule has 0 saturated heterocycles. The maximum atomic E-state index is 12.5. The van der Waals surface area contributed by atoms with Gasteiger partial charge in [-0.2, -0.15) is 5.10 Å². The molecule has 130 valence electrons. The first-order chi connectivity index (χ1) is 12.6. The zero-order valence-corrected chi connectivity index (χ0v) is 14.8. The van der Waals surface area contributed by atoms with Gasteiger partial charge in [-0.3, -0.25) is 9.48 Å². The Morgan fingerprint density at radius 3 is 2.77 bits per heavy atom. The van der Waals surface area contributed by atoms with Gasteiger partial charge in [0, 0.05) is 12.6 Å². The molecule has 2 heterocycles. The minimum Gasteiger partial charge on any atom is -0.343 e. The molecule has 0 fully saturated rings. The largest absolute Gasteiger partial charge is 0.343 e. The summed E-state index contributed by atoms with van der Waals surface area (Å²) < 4.78 is 1.55. The second-order valence-corrected chi connectivity index (χ2v) is 6.31. The van der Waals surface area contributed by atoms with Crippen LogP contribution < -0.4 is 5.32 Å². The second kappa shape index (κ2) is 6.65. The lowest BCUT2D eigenvalue weighted by Gasteiger charge is -2.02. The fourth-order valence-corrected chi connectivity index (χ4v) is 3.06. The molecule has 6 nitrogen and oxygen atoms in total. The standard InChI is InChI=1S/C19H16ClN5O/c1-25-17(10-16(24-25)12-6-2-3-7-13(12)20)19(26)21-11-18-22-14-8-4-5-9-15(14)23-18/h2-10H,11H2,1H3,(H,21,26)(H,22,23). The monoisotopic (exact) mass is 365 g/mol. The van der Waals surface area contributed by atoms with Gasteiger partial charge in [0.05, 0.1) is 28.3 Å². The zero-order chi connectivity index (χ0) is 18.1. The number of hydrogen-bond donors (Lipinski definition) is 2. The van der Waals surface area contributed by atoms with E-state index in [1.165, 1.54) is 0 Å². The van der Waals surface area contributed by atoms with Crippen LogP contribution in [0.25, 0.3) is 22.3 Å². The van der Waals surface area contributed by atoms with Crippen LogP contribution in [0.3, 0.4) is 0 Å². The number of benzene rings is 2. The minimum absolute atomic E-state index is 0.223. The maximum absolute atomic E-state index is 12.5. The minimum atomic E-state index is -0.223. The first kappa shape index (κ1) is 16.4. The van der Waals surface area contributed by atoms with Gasteiger partial charge in [0.15, 0.2) is 0 Å². The van der Waals surface area contributed by atoms with Crippen LogP contribution in [0.2, 0.25) is 5.02 Å². The summed E-state index contributed by atoms with van der Waals surface area (Å²) in [7, 11) is 1.73. The van der Waals surface area contributed by atoms with Crippen LogP contribution in [0, 0.1) is 0 Å². The highest BCUT2D eigenvalue weighted by Crippen LogP contribution is 2.26. The molecule has 0 atom stereocenters. The van der Waals surface area contributed by atoms with Crippen LogP contribution in [-0.4, -0.2) is 25.7 Å². The third-order valence-corrected chi connectivity index (χ3v) is 4.45. The third-order valence-electron chi connectivity index (χ3n) is 4.12. The second-order valence-electron chi connectivity index (χ2n) is 5.90. The number of aromatic nitrogens is 4. The number of fused-ring (bicyclic) bond motifs is 1. The molecule has 26 heavy (non-hydrogen) atoms. The Hall–Kier alpha value is -3.12. The highest BCUT2D eigenvalue weighted by Gasteiger charge is 2.16. The number of amides is 1. The third kappa shape index (κ3) is 3.07. The molecular weight excluding hydrogens is 350 g/mol. The summed E-state index contributed by atoms with van der Waals surface area (Å²) in [5.41, 5.74) is 3.72. The molecule has 7 heteroatoms. The Kier molecular flexibility index (Phi) is 4.18. The van der Waals surface area contributed by atoms with Crippen LogP contribution in [-0.2, 0) is 13.6 Å². The summed E-state index contributed by atoms with van der Waals surface area (Å²) in [6.45, 7) is 0.306. The van der Waals surface area contributed by atoms with Crippen LogP contribution in [0.4, 0.5) is 0 Å². The molecule has 0 unspecified atom stereocenters. The lowest BCUT2D eigenvalue weighted by molar-refractivity contribution is 0.0940. The van der Waals surface area contributed by atoms with Crippen molar-refractivity contribution in [1.29, 1.82) is 0 Å². The topological polar surface area (TPSA) is 75.6 Å². The van der Waals surface area contributed by atoms with E-state index < -0.39 is 0 Å². The lowest BCUT2D eigenvalue weighted by Crippen LogP contribution is -2.25. The number of aromatic amines is 1. The van der Waals surface area contributed by atoms with E-state index >= 15 is 0 Å². The van der Waals surface area contributed by atoms with E-state index in [0.29, 0.717) is 28.8 Å². The molecule has 0 saturated carbocycles. The Morgan fingerprint density at radius 2 is 1.96 bits per heavy atom. The molecular formula is C19H16ClN5O. The molecule has 4 rings (SSSR count). The van der Waals surface area contributed by atoms with Gasteiger partial charge in [0.2, 0.25) is 0 Å². The number of nitrogens with zero attached hydrogens (tertiary/aromatic N) is 3. The fraction of sp³-hybridized carbons (Fsp3) is 0.105. The number of hydrogen-bond acceptors (Lipinski definition) is 3. The highest BCUT2D eigenvalue weighted by molar-refractivity contribution is 6.33. The molecule has 0 aliphatic rings. The molecule has 0 aliphatic heterocycles. The Bertz CT molecular complexity index is 1070. The van der Waals surface area contributed by atoms with Crippen molar-refractivity contribution in [3.05, 3.63) is 71.1 Å². The summed E-state index contributed by atoms with van der Waals surface area (Å²) in [5.74, 6) is 0.479. The molecule has 0 aliphatic carbocycles. The normalized spacial score (nSPS) is 11.0. The van der Waals surface area contributed by atoms with Crippen LogP contribution >= 0.6 is 11.6 Å². The van der Waals surface area contributed by atoms with E-state index in [1.54, 1.807) is 23.9 Å². The summed E-state index contributed by atoms with van der Waals surface area (Å²) in [6, 6.07) is 16.9. The zero-order valence-electron chi connectivity index (χ0n) is 14.0. The van der Waals surface area contributed by atoms with E-state index in [2.05, 4.69) is 20.4 Å². The van der Waals surface area contributed by atoms with E-state index in [0.717, 1.165) is 16.6 Å². The number of para-hydroxylation sites is 2. The summed E-state index contributed by atoms with van der Waals surface area (Å²) >= 11 is 6.22. The van der Waals surface area contributed by atoms with Crippen molar-refractivity contribution in [3.8, 4) is 11.3 Å². The molecule has 4 aromatic rings. The van der Waals surface area contributed by atoms with Gasteiger partial charge in [0.25, 0.3) is 5.91 Å². The van der Waals surface area contributed by atoms with Gasteiger partial charge in [-0.25, -0.2) is 4.98 Å². The van der Waals surface area contributed by atoms with E-state index in [9.17, 15) is 4.79 Å². The number of nitrogens with one attached hydrogen (secondary N) is 2. The fourth-order valence-electron chi connectivity index (χ4n) is 2.82. The van der Waals surface area contributed by atoms with Crippen molar-refractivity contribution in [1.82, 2.24) is 25.1 Å². The van der Waals surface area contributed by atoms with Crippen molar-refractivity contribution < 1.29 is 4.79 Å². The maximum Gasteiger partial charge on any atom is 0.269 e. The van der Waals surface area contributed by atoms with Gasteiger partial charge >= 0.3 is 0 Å². The Balaban J connectivity index is 1.52. The van der Waals surface area contributed by atoms with Gasteiger partial charge in [0.1, 0.15) is 11.5 Å². The number of rotatable bonds is 4. The van der Waals surface area contributed by atoms with E-state index in [-0.39, 0.29) is 5.91 Å². The number of H-pyrrole nitrogens is 1. The average molecular weight is 366 g/mol. The van der Waals surface area contributed by atoms with E-state index in [4.69, 9.17) is 11.6 Å². The highest BCUT2D eigenvalue weighted by atomic mass is 35.5. The summed E-state index contributed by atoms with van der Waals surface area (Å²) in [5, 5.41) is 7.87. The average Bonchev–Trinajstić information content (AvgIpc) is 3.23. The molecule has 0 radical (unpaired) electrons. The molecule has 2 aromatic carbocycles. The van der Waals surface area contributed by atoms with Crippen molar-refractivity contribution in [2.24, 2.45) is 7.05 Å².